The molecule has 0 amide bonds. The molecule has 0 saturated heterocycles. The highest BCUT2D eigenvalue weighted by atomic mass is 32.2. The van der Waals surface area contributed by atoms with Crippen LogP contribution >= 0.6 is 0 Å². The van der Waals surface area contributed by atoms with Gasteiger partial charge in [-0.05, 0) is 82.0 Å². The molecule has 0 fully saturated rings. The number of oxazole rings is 1. The van der Waals surface area contributed by atoms with Crippen LogP contribution in [0.4, 0.5) is 5.69 Å². The monoisotopic (exact) mass is 384 g/mol. The van der Waals surface area contributed by atoms with E-state index in [1.54, 1.807) is 18.2 Å². The molecule has 0 aliphatic heterocycles. The summed E-state index contributed by atoms with van der Waals surface area (Å²) >= 11 is 0. The molecule has 0 aliphatic rings. The number of nitrogens with one attached hydrogen (secondary N) is 1. The number of rotatable bonds is 4. The van der Waals surface area contributed by atoms with Crippen LogP contribution in [0.5, 0.6) is 0 Å². The molecule has 2 aromatic carbocycles. The Morgan fingerprint density at radius 1 is 0.926 bits per heavy atom. The van der Waals surface area contributed by atoms with E-state index in [4.69, 9.17) is 4.42 Å². The number of benzene rings is 2. The third-order valence-electron chi connectivity index (χ3n) is 4.96. The van der Waals surface area contributed by atoms with Crippen molar-refractivity contribution in [1.29, 1.82) is 0 Å². The Kier molecular flexibility index (Phi) is 4.86. The van der Waals surface area contributed by atoms with Gasteiger partial charge in [-0.15, -0.1) is 0 Å². The number of sulfonamides is 1. The number of aromatic nitrogens is 1. The summed E-state index contributed by atoms with van der Waals surface area (Å²) in [5.41, 5.74) is 5.45. The van der Waals surface area contributed by atoms with Crippen molar-refractivity contribution in [3.05, 3.63) is 64.0 Å². The first-order chi connectivity index (χ1) is 12.6. The molecule has 0 unspecified atom stereocenters. The number of nitrogens with zero attached hydrogens (tertiary/aromatic N) is 1. The van der Waals surface area contributed by atoms with E-state index in [2.05, 4.69) is 9.71 Å². The maximum absolute atomic E-state index is 13.1. The van der Waals surface area contributed by atoms with E-state index >= 15 is 0 Å². The summed E-state index contributed by atoms with van der Waals surface area (Å²) < 4.78 is 34.6. The summed E-state index contributed by atoms with van der Waals surface area (Å²) in [5.74, 6) is 1.22. The normalized spacial score (nSPS) is 11.6. The van der Waals surface area contributed by atoms with Gasteiger partial charge in [0.05, 0.1) is 10.6 Å². The second-order valence-corrected chi connectivity index (χ2v) is 8.56. The Bertz CT molecular complexity index is 1080. The predicted octanol–water partition coefficient (Wildman–Crippen LogP) is 4.99. The highest BCUT2D eigenvalue weighted by Crippen LogP contribution is 2.29. The van der Waals surface area contributed by atoms with Gasteiger partial charge < -0.3 is 4.42 Å². The number of hydrogen-bond acceptors (Lipinski definition) is 4. The summed E-state index contributed by atoms with van der Waals surface area (Å²) in [6, 6.07) is 9.09. The van der Waals surface area contributed by atoms with Crippen LogP contribution in [0.2, 0.25) is 0 Å². The Balaban J connectivity index is 2.02. The molecule has 6 heteroatoms. The maximum Gasteiger partial charge on any atom is 0.262 e. The van der Waals surface area contributed by atoms with Crippen molar-refractivity contribution in [3.8, 4) is 11.5 Å². The second-order valence-electron chi connectivity index (χ2n) is 6.94. The van der Waals surface area contributed by atoms with Gasteiger partial charge in [0.2, 0.25) is 5.89 Å². The number of hydrogen-bond donors (Lipinski definition) is 1. The molecule has 0 saturated carbocycles. The van der Waals surface area contributed by atoms with Crippen LogP contribution in [0, 0.1) is 41.5 Å². The average molecular weight is 385 g/mol. The number of aryl methyl sites for hydroxylation is 4. The molecule has 5 nitrogen and oxygen atoms in total. The zero-order valence-electron chi connectivity index (χ0n) is 16.5. The fourth-order valence-electron chi connectivity index (χ4n) is 3.10. The average Bonchev–Trinajstić information content (AvgIpc) is 2.92. The zero-order chi connectivity index (χ0) is 19.9. The minimum atomic E-state index is -3.72. The summed E-state index contributed by atoms with van der Waals surface area (Å²) in [6.45, 7) is 11.3. The van der Waals surface area contributed by atoms with Crippen molar-refractivity contribution in [3.63, 3.8) is 0 Å². The van der Waals surface area contributed by atoms with E-state index in [-0.39, 0.29) is 0 Å². The van der Waals surface area contributed by atoms with Crippen LogP contribution in [-0.4, -0.2) is 13.4 Å². The molecule has 0 aliphatic carbocycles. The summed E-state index contributed by atoms with van der Waals surface area (Å²) in [6.07, 6.45) is 0. The van der Waals surface area contributed by atoms with E-state index in [0.717, 1.165) is 39.3 Å². The zero-order valence-corrected chi connectivity index (χ0v) is 17.3. The first kappa shape index (κ1) is 19.2. The maximum atomic E-state index is 13.1. The standard InChI is InChI=1S/C21H24N2O3S/c1-12-10-13(2)15(4)20(14(12)3)27(24,25)23-19-9-7-8-18(11-19)21-22-16(5)17(6)26-21/h7-11,23H,1-6H3. The van der Waals surface area contributed by atoms with E-state index in [9.17, 15) is 8.42 Å². The van der Waals surface area contributed by atoms with Crippen molar-refractivity contribution < 1.29 is 12.8 Å². The van der Waals surface area contributed by atoms with Crippen LogP contribution in [0.15, 0.2) is 39.6 Å². The van der Waals surface area contributed by atoms with Gasteiger partial charge in [0, 0.05) is 11.3 Å². The van der Waals surface area contributed by atoms with Crippen LogP contribution in [-0.2, 0) is 10.0 Å². The van der Waals surface area contributed by atoms with Crippen molar-refractivity contribution in [1.82, 2.24) is 4.98 Å². The molecule has 0 radical (unpaired) electrons. The summed E-state index contributed by atoms with van der Waals surface area (Å²) in [4.78, 5) is 4.72. The molecule has 3 rings (SSSR count). The lowest BCUT2D eigenvalue weighted by molar-refractivity contribution is 0.541. The van der Waals surface area contributed by atoms with Gasteiger partial charge in [-0.25, -0.2) is 13.4 Å². The lowest BCUT2D eigenvalue weighted by Crippen LogP contribution is -2.17. The van der Waals surface area contributed by atoms with Gasteiger partial charge >= 0.3 is 0 Å². The fraction of sp³-hybridized carbons (Fsp3) is 0.286. The largest absolute Gasteiger partial charge is 0.441 e. The van der Waals surface area contributed by atoms with Gasteiger partial charge in [0.25, 0.3) is 10.0 Å². The van der Waals surface area contributed by atoms with Gasteiger partial charge in [0.15, 0.2) is 0 Å². The third kappa shape index (κ3) is 3.62. The topological polar surface area (TPSA) is 72.2 Å². The molecular formula is C21H24N2O3S. The SMILES string of the molecule is Cc1cc(C)c(C)c(S(=O)(=O)Nc2cccc(-c3nc(C)c(C)o3)c2)c1C. The van der Waals surface area contributed by atoms with E-state index in [0.29, 0.717) is 16.5 Å². The molecule has 0 atom stereocenters. The fourth-order valence-corrected chi connectivity index (χ4v) is 4.77. The molecule has 142 valence electrons. The molecule has 3 aromatic rings. The van der Waals surface area contributed by atoms with Crippen LogP contribution < -0.4 is 4.72 Å². The van der Waals surface area contributed by atoms with Gasteiger partial charge in [0.1, 0.15) is 5.76 Å². The van der Waals surface area contributed by atoms with Crippen molar-refractivity contribution in [2.24, 2.45) is 0 Å². The summed E-state index contributed by atoms with van der Waals surface area (Å²) in [7, 11) is -3.72. The Morgan fingerprint density at radius 2 is 1.56 bits per heavy atom. The first-order valence-electron chi connectivity index (χ1n) is 8.75. The predicted molar refractivity (Wildman–Crippen MR) is 108 cm³/mol. The Hall–Kier alpha value is -2.60. The second kappa shape index (κ2) is 6.85. The minimum absolute atomic E-state index is 0.341. The highest BCUT2D eigenvalue weighted by Gasteiger charge is 2.22. The molecule has 1 heterocycles. The van der Waals surface area contributed by atoms with Crippen LogP contribution in [0.25, 0.3) is 11.5 Å². The molecule has 0 spiro atoms. The Morgan fingerprint density at radius 3 is 2.11 bits per heavy atom. The van der Waals surface area contributed by atoms with Gasteiger partial charge in [-0.2, -0.15) is 0 Å². The highest BCUT2D eigenvalue weighted by molar-refractivity contribution is 7.92. The lowest BCUT2D eigenvalue weighted by Gasteiger charge is -2.17. The van der Waals surface area contributed by atoms with Gasteiger partial charge in [-0.3, -0.25) is 4.72 Å². The van der Waals surface area contributed by atoms with Crippen molar-refractivity contribution in [2.45, 2.75) is 46.4 Å². The van der Waals surface area contributed by atoms with E-state index in [1.807, 2.05) is 53.7 Å². The molecule has 27 heavy (non-hydrogen) atoms. The number of anilines is 1. The van der Waals surface area contributed by atoms with E-state index in [1.165, 1.54) is 0 Å². The molecule has 0 bridgehead atoms. The van der Waals surface area contributed by atoms with Gasteiger partial charge in [-0.1, -0.05) is 12.1 Å². The molecule has 1 aromatic heterocycles. The summed E-state index contributed by atoms with van der Waals surface area (Å²) in [5, 5.41) is 0. The molecule has 1 N–H and O–H groups in total. The minimum Gasteiger partial charge on any atom is -0.441 e. The quantitative estimate of drug-likeness (QED) is 0.687. The smallest absolute Gasteiger partial charge is 0.262 e. The van der Waals surface area contributed by atoms with Crippen molar-refractivity contribution >= 4 is 15.7 Å². The van der Waals surface area contributed by atoms with E-state index < -0.39 is 10.0 Å². The Labute approximate surface area is 160 Å². The lowest BCUT2D eigenvalue weighted by atomic mass is 10.0. The molecular weight excluding hydrogens is 360 g/mol. The van der Waals surface area contributed by atoms with Crippen molar-refractivity contribution in [2.75, 3.05) is 4.72 Å². The first-order valence-corrected chi connectivity index (χ1v) is 10.2. The third-order valence-corrected chi connectivity index (χ3v) is 6.61. The van der Waals surface area contributed by atoms with Crippen LogP contribution in [0.1, 0.15) is 33.7 Å². The van der Waals surface area contributed by atoms with Crippen LogP contribution in [0.3, 0.4) is 0 Å².